The molecule has 1 N–H and O–H groups in total. The number of ether oxygens (including phenoxy) is 1. The summed E-state index contributed by atoms with van der Waals surface area (Å²) in [7, 11) is 0. The van der Waals surface area contributed by atoms with Crippen LogP contribution >= 0.6 is 34.5 Å². The van der Waals surface area contributed by atoms with Gasteiger partial charge in [0, 0.05) is 10.9 Å². The molecule has 128 valence electrons. The molecule has 3 rings (SSSR count). The number of carbonyl (C=O) groups is 2. The summed E-state index contributed by atoms with van der Waals surface area (Å²) in [5, 5.41) is 4.03. The number of anilines is 1. The van der Waals surface area contributed by atoms with E-state index in [1.54, 1.807) is 0 Å². The number of amides is 1. The van der Waals surface area contributed by atoms with Crippen molar-refractivity contribution < 1.29 is 14.3 Å². The normalized spacial score (nSPS) is 10.7. The van der Waals surface area contributed by atoms with Crippen molar-refractivity contribution in [2.24, 2.45) is 0 Å². The second kappa shape index (κ2) is 7.39. The summed E-state index contributed by atoms with van der Waals surface area (Å²) < 4.78 is 6.09. The second-order valence-electron chi connectivity index (χ2n) is 5.16. The van der Waals surface area contributed by atoms with Gasteiger partial charge in [0.15, 0.2) is 12.4 Å². The number of halogens is 2. The minimum absolute atomic E-state index is 0.158. The molecule has 0 aliphatic heterocycles. The van der Waals surface area contributed by atoms with Gasteiger partial charge in [-0.1, -0.05) is 41.4 Å². The lowest BCUT2D eigenvalue weighted by atomic mass is 10.1. The van der Waals surface area contributed by atoms with Crippen LogP contribution in [0, 0.1) is 6.92 Å². The molecule has 1 amide bonds. The predicted molar refractivity (Wildman–Crippen MR) is 99.7 cm³/mol. The van der Waals surface area contributed by atoms with Crippen molar-refractivity contribution in [1.29, 1.82) is 0 Å². The van der Waals surface area contributed by atoms with E-state index in [4.69, 9.17) is 27.9 Å². The Hall–Kier alpha value is -2.15. The Balaban J connectivity index is 1.65. The molecule has 1 aromatic carbocycles. The zero-order valence-corrected chi connectivity index (χ0v) is 15.3. The minimum Gasteiger partial charge on any atom is -0.451 e. The maximum Gasteiger partial charge on any atom is 0.349 e. The summed E-state index contributed by atoms with van der Waals surface area (Å²) in [6.07, 6.45) is 1.36. The van der Waals surface area contributed by atoms with Crippen molar-refractivity contribution in [2.45, 2.75) is 6.92 Å². The van der Waals surface area contributed by atoms with Gasteiger partial charge in [0.1, 0.15) is 4.88 Å². The summed E-state index contributed by atoms with van der Waals surface area (Å²) >= 11 is 13.0. The van der Waals surface area contributed by atoms with Crippen LogP contribution in [0.25, 0.3) is 10.1 Å². The van der Waals surface area contributed by atoms with Gasteiger partial charge in [-0.25, -0.2) is 9.78 Å². The molecule has 0 saturated heterocycles. The maximum atomic E-state index is 12.3. The van der Waals surface area contributed by atoms with Gasteiger partial charge in [0.05, 0.1) is 10.0 Å². The van der Waals surface area contributed by atoms with Gasteiger partial charge in [-0.2, -0.15) is 0 Å². The molecule has 0 aliphatic rings. The van der Waals surface area contributed by atoms with Crippen molar-refractivity contribution in [3.05, 3.63) is 57.0 Å². The van der Waals surface area contributed by atoms with Gasteiger partial charge >= 0.3 is 5.97 Å². The first kappa shape index (κ1) is 17.7. The highest BCUT2D eigenvalue weighted by Gasteiger charge is 2.18. The van der Waals surface area contributed by atoms with Crippen LogP contribution in [0.1, 0.15) is 15.2 Å². The van der Waals surface area contributed by atoms with Crippen molar-refractivity contribution >= 4 is 62.3 Å². The second-order valence-corrected chi connectivity index (χ2v) is 7.06. The molecule has 0 bridgehead atoms. The number of carbonyl (C=O) groups excluding carboxylic acids is 2. The van der Waals surface area contributed by atoms with E-state index >= 15 is 0 Å². The van der Waals surface area contributed by atoms with Crippen LogP contribution in [-0.2, 0) is 9.53 Å². The standard InChI is InChI=1S/C17H12Cl2N2O3S/c1-9-11-4-2-3-5-13(11)25-15(9)17(23)24-8-14(22)21-16-12(19)6-10(18)7-20-16/h2-7H,8H2,1H3,(H,20,21,22). The Kier molecular flexibility index (Phi) is 5.22. The quantitative estimate of drug-likeness (QED) is 0.650. The van der Waals surface area contributed by atoms with Gasteiger partial charge in [0.25, 0.3) is 5.91 Å². The fraction of sp³-hybridized carbons (Fsp3) is 0.118. The fourth-order valence-corrected chi connectivity index (χ4v) is 3.77. The summed E-state index contributed by atoms with van der Waals surface area (Å²) in [6, 6.07) is 9.15. The number of pyridine rings is 1. The Bertz CT molecular complexity index is 972. The zero-order chi connectivity index (χ0) is 18.0. The lowest BCUT2D eigenvalue weighted by Gasteiger charge is -2.07. The van der Waals surface area contributed by atoms with E-state index < -0.39 is 18.5 Å². The lowest BCUT2D eigenvalue weighted by Crippen LogP contribution is -2.21. The Morgan fingerprint density at radius 2 is 2.04 bits per heavy atom. The number of benzene rings is 1. The third kappa shape index (κ3) is 3.92. The lowest BCUT2D eigenvalue weighted by molar-refractivity contribution is -0.119. The SMILES string of the molecule is Cc1c(C(=O)OCC(=O)Nc2ncc(Cl)cc2Cl)sc2ccccc12. The third-order valence-electron chi connectivity index (χ3n) is 3.43. The molecule has 0 fully saturated rings. The molecule has 8 heteroatoms. The highest BCUT2D eigenvalue weighted by atomic mass is 35.5. The van der Waals surface area contributed by atoms with E-state index in [2.05, 4.69) is 10.3 Å². The number of hydrogen-bond donors (Lipinski definition) is 1. The van der Waals surface area contributed by atoms with Crippen LogP contribution in [0.15, 0.2) is 36.5 Å². The summed E-state index contributed by atoms with van der Waals surface area (Å²) in [4.78, 5) is 28.6. The van der Waals surface area contributed by atoms with E-state index in [-0.39, 0.29) is 10.8 Å². The first-order chi connectivity index (χ1) is 12.0. The molecule has 0 unspecified atom stereocenters. The number of nitrogens with one attached hydrogen (secondary N) is 1. The van der Waals surface area contributed by atoms with Crippen LogP contribution in [0.4, 0.5) is 5.82 Å². The number of rotatable bonds is 4. The summed E-state index contributed by atoms with van der Waals surface area (Å²) in [6.45, 7) is 1.42. The molecule has 0 aliphatic carbocycles. The van der Waals surface area contributed by atoms with Crippen molar-refractivity contribution in [3.8, 4) is 0 Å². The molecule has 2 aromatic heterocycles. The fourth-order valence-electron chi connectivity index (χ4n) is 2.24. The maximum absolute atomic E-state index is 12.3. The average molecular weight is 395 g/mol. The minimum atomic E-state index is -0.538. The van der Waals surface area contributed by atoms with Crippen molar-refractivity contribution in [3.63, 3.8) is 0 Å². The average Bonchev–Trinajstić information content (AvgIpc) is 2.93. The Morgan fingerprint density at radius 3 is 2.76 bits per heavy atom. The third-order valence-corrected chi connectivity index (χ3v) is 5.18. The largest absolute Gasteiger partial charge is 0.451 e. The topological polar surface area (TPSA) is 68.3 Å². The molecule has 0 atom stereocenters. The van der Waals surface area contributed by atoms with E-state index in [0.29, 0.717) is 9.90 Å². The first-order valence-electron chi connectivity index (χ1n) is 7.22. The van der Waals surface area contributed by atoms with Crippen LogP contribution in [0.2, 0.25) is 10.0 Å². The molecular formula is C17H12Cl2N2O3S. The van der Waals surface area contributed by atoms with Crippen molar-refractivity contribution in [1.82, 2.24) is 4.98 Å². The van der Waals surface area contributed by atoms with E-state index in [1.165, 1.54) is 23.6 Å². The van der Waals surface area contributed by atoms with Gasteiger partial charge in [-0.15, -0.1) is 11.3 Å². The first-order valence-corrected chi connectivity index (χ1v) is 8.79. The molecule has 5 nitrogen and oxygen atoms in total. The molecule has 25 heavy (non-hydrogen) atoms. The van der Waals surface area contributed by atoms with E-state index in [1.807, 2.05) is 31.2 Å². The monoisotopic (exact) mass is 394 g/mol. The molecule has 0 radical (unpaired) electrons. The Labute approximate surface area is 157 Å². The van der Waals surface area contributed by atoms with Gasteiger partial charge < -0.3 is 10.1 Å². The molecule has 3 aromatic rings. The molecule has 0 spiro atoms. The smallest absolute Gasteiger partial charge is 0.349 e. The van der Waals surface area contributed by atoms with E-state index in [0.717, 1.165) is 15.6 Å². The Morgan fingerprint density at radius 1 is 1.28 bits per heavy atom. The highest BCUT2D eigenvalue weighted by molar-refractivity contribution is 7.21. The number of hydrogen-bond acceptors (Lipinski definition) is 5. The number of esters is 1. The number of aryl methyl sites for hydroxylation is 1. The molecule has 2 heterocycles. The summed E-state index contributed by atoms with van der Waals surface area (Å²) in [5.74, 6) is -0.919. The van der Waals surface area contributed by atoms with E-state index in [9.17, 15) is 9.59 Å². The van der Waals surface area contributed by atoms with Gasteiger partial charge in [-0.05, 0) is 30.0 Å². The predicted octanol–water partition coefficient (Wildman–Crippen LogP) is 4.71. The zero-order valence-electron chi connectivity index (χ0n) is 13.0. The number of nitrogens with zero attached hydrogens (tertiary/aromatic N) is 1. The molecular weight excluding hydrogens is 383 g/mol. The highest BCUT2D eigenvalue weighted by Crippen LogP contribution is 2.31. The van der Waals surface area contributed by atoms with Crippen LogP contribution in [-0.4, -0.2) is 23.5 Å². The van der Waals surface area contributed by atoms with Gasteiger partial charge in [-0.3, -0.25) is 4.79 Å². The van der Waals surface area contributed by atoms with Gasteiger partial charge in [0.2, 0.25) is 0 Å². The number of thiophene rings is 1. The van der Waals surface area contributed by atoms with Crippen molar-refractivity contribution in [2.75, 3.05) is 11.9 Å². The number of aromatic nitrogens is 1. The van der Waals surface area contributed by atoms with Crippen LogP contribution in [0.5, 0.6) is 0 Å². The molecule has 0 saturated carbocycles. The number of fused-ring (bicyclic) bond motifs is 1. The van der Waals surface area contributed by atoms with Crippen LogP contribution in [0.3, 0.4) is 0 Å². The summed E-state index contributed by atoms with van der Waals surface area (Å²) in [5.41, 5.74) is 0.841. The van der Waals surface area contributed by atoms with Crippen LogP contribution < -0.4 is 5.32 Å².